The summed E-state index contributed by atoms with van der Waals surface area (Å²) in [5.74, 6) is -0.937. The zero-order valence-electron chi connectivity index (χ0n) is 54.9. The van der Waals surface area contributed by atoms with Crippen molar-refractivity contribution in [3.63, 3.8) is 0 Å². The van der Waals surface area contributed by atoms with Gasteiger partial charge in [0.05, 0.1) is 0 Å². The summed E-state index contributed by atoms with van der Waals surface area (Å²) in [5.41, 5.74) is 0. The van der Waals surface area contributed by atoms with Gasteiger partial charge in [-0.3, -0.25) is 14.4 Å². The van der Waals surface area contributed by atoms with Crippen molar-refractivity contribution in [3.05, 3.63) is 97.2 Å². The fourth-order valence-corrected chi connectivity index (χ4v) is 10.3. The van der Waals surface area contributed by atoms with Crippen molar-refractivity contribution in [1.82, 2.24) is 0 Å². The summed E-state index contributed by atoms with van der Waals surface area (Å²) in [6.45, 7) is 6.53. The average Bonchev–Trinajstić information content (AvgIpc) is 3.49. The number of carbonyl (C=O) groups excluding carboxylic acids is 3. The molecule has 0 spiro atoms. The summed E-state index contributed by atoms with van der Waals surface area (Å²) in [7, 11) is 0. The summed E-state index contributed by atoms with van der Waals surface area (Å²) < 4.78 is 17.0. The summed E-state index contributed by atoms with van der Waals surface area (Å²) in [5, 5.41) is 0. The predicted molar refractivity (Wildman–Crippen MR) is 362 cm³/mol. The Morgan fingerprint density at radius 2 is 0.482 bits per heavy atom. The van der Waals surface area contributed by atoms with Crippen molar-refractivity contribution >= 4 is 17.9 Å². The molecular formula is C77H134O6. The van der Waals surface area contributed by atoms with Gasteiger partial charge < -0.3 is 14.2 Å². The quantitative estimate of drug-likeness (QED) is 0.0261. The van der Waals surface area contributed by atoms with Crippen molar-refractivity contribution < 1.29 is 28.6 Å². The monoisotopic (exact) mass is 1160 g/mol. The number of allylic oxidation sites excluding steroid dienone is 16. The Bertz CT molecular complexity index is 1610. The summed E-state index contributed by atoms with van der Waals surface area (Å²) in [4.78, 5) is 38.5. The van der Waals surface area contributed by atoms with Gasteiger partial charge >= 0.3 is 17.9 Å². The van der Waals surface area contributed by atoms with Crippen molar-refractivity contribution in [2.24, 2.45) is 0 Å². The lowest BCUT2D eigenvalue weighted by atomic mass is 10.0. The van der Waals surface area contributed by atoms with Gasteiger partial charge in [0, 0.05) is 19.3 Å². The third-order valence-electron chi connectivity index (χ3n) is 15.6. The maximum Gasteiger partial charge on any atom is 0.306 e. The molecular weight excluding hydrogens is 1020 g/mol. The van der Waals surface area contributed by atoms with E-state index >= 15 is 0 Å². The van der Waals surface area contributed by atoms with Gasteiger partial charge in [0.25, 0.3) is 0 Å². The van der Waals surface area contributed by atoms with Crippen molar-refractivity contribution in [3.8, 4) is 0 Å². The molecule has 1 unspecified atom stereocenters. The van der Waals surface area contributed by atoms with Crippen LogP contribution in [0, 0.1) is 0 Å². The Balaban J connectivity index is 4.44. The fraction of sp³-hybridized carbons (Fsp3) is 0.753. The minimum atomic E-state index is -0.803. The number of ether oxygens (including phenoxy) is 3. The van der Waals surface area contributed by atoms with Crippen LogP contribution < -0.4 is 0 Å². The lowest BCUT2D eigenvalue weighted by Crippen LogP contribution is -2.30. The molecule has 0 fully saturated rings. The van der Waals surface area contributed by atoms with Gasteiger partial charge in [-0.2, -0.15) is 0 Å². The smallest absolute Gasteiger partial charge is 0.306 e. The lowest BCUT2D eigenvalue weighted by molar-refractivity contribution is -0.167. The Labute approximate surface area is 515 Å². The molecule has 83 heavy (non-hydrogen) atoms. The highest BCUT2D eigenvalue weighted by Gasteiger charge is 2.19. The fourth-order valence-electron chi connectivity index (χ4n) is 10.3. The molecule has 6 nitrogen and oxygen atoms in total. The predicted octanol–water partition coefficient (Wildman–Crippen LogP) is 24.8. The lowest BCUT2D eigenvalue weighted by Gasteiger charge is -2.18. The molecule has 0 bridgehead atoms. The van der Waals surface area contributed by atoms with E-state index in [-0.39, 0.29) is 37.5 Å². The molecule has 0 heterocycles. The highest BCUT2D eigenvalue weighted by Crippen LogP contribution is 2.18. The first-order chi connectivity index (χ1) is 41.0. The molecule has 0 aromatic rings. The van der Waals surface area contributed by atoms with E-state index in [0.717, 1.165) is 89.9 Å². The largest absolute Gasteiger partial charge is 0.462 e. The molecule has 0 saturated heterocycles. The second-order valence-electron chi connectivity index (χ2n) is 23.8. The number of esters is 3. The Kier molecular flexibility index (Phi) is 67.7. The minimum absolute atomic E-state index is 0.0925. The number of hydrogen-bond acceptors (Lipinski definition) is 6. The van der Waals surface area contributed by atoms with Gasteiger partial charge in [-0.25, -0.2) is 0 Å². The third kappa shape index (κ3) is 69.0. The number of carbonyl (C=O) groups is 3. The maximum absolute atomic E-state index is 13.0. The zero-order valence-corrected chi connectivity index (χ0v) is 54.9. The first kappa shape index (κ1) is 79.3. The van der Waals surface area contributed by atoms with Crippen LogP contribution in [-0.4, -0.2) is 37.2 Å². The molecule has 0 amide bonds. The molecule has 0 aliphatic heterocycles. The zero-order chi connectivity index (χ0) is 59.9. The molecule has 478 valence electrons. The summed E-state index contributed by atoms with van der Waals surface area (Å²) in [6, 6.07) is 0. The molecule has 0 N–H and O–H groups in total. The molecule has 0 aromatic heterocycles. The van der Waals surface area contributed by atoms with E-state index in [9.17, 15) is 14.4 Å². The molecule has 6 heteroatoms. The molecule has 0 rings (SSSR count). The second kappa shape index (κ2) is 70.8. The van der Waals surface area contributed by atoms with Crippen molar-refractivity contribution in [2.45, 2.75) is 361 Å². The maximum atomic E-state index is 13.0. The van der Waals surface area contributed by atoms with E-state index < -0.39 is 6.10 Å². The van der Waals surface area contributed by atoms with E-state index in [4.69, 9.17) is 14.2 Å². The van der Waals surface area contributed by atoms with Gasteiger partial charge in [-0.1, -0.05) is 336 Å². The highest BCUT2D eigenvalue weighted by molar-refractivity contribution is 5.71. The van der Waals surface area contributed by atoms with Crippen LogP contribution in [0.3, 0.4) is 0 Å². The summed E-state index contributed by atoms with van der Waals surface area (Å²) >= 11 is 0. The third-order valence-corrected chi connectivity index (χ3v) is 15.6. The van der Waals surface area contributed by atoms with Gasteiger partial charge in [-0.05, 0) is 96.3 Å². The van der Waals surface area contributed by atoms with Crippen LogP contribution in [0.4, 0.5) is 0 Å². The van der Waals surface area contributed by atoms with E-state index in [1.54, 1.807) is 0 Å². The van der Waals surface area contributed by atoms with Crippen molar-refractivity contribution in [2.75, 3.05) is 13.2 Å². The van der Waals surface area contributed by atoms with Gasteiger partial charge in [0.15, 0.2) is 6.10 Å². The number of unbranched alkanes of at least 4 members (excludes halogenated alkanes) is 38. The average molecular weight is 1160 g/mol. The van der Waals surface area contributed by atoms with Gasteiger partial charge in [-0.15, -0.1) is 0 Å². The van der Waals surface area contributed by atoms with Crippen LogP contribution in [0.1, 0.15) is 355 Å². The second-order valence-corrected chi connectivity index (χ2v) is 23.8. The molecule has 1 atom stereocenters. The number of hydrogen-bond donors (Lipinski definition) is 0. The van der Waals surface area contributed by atoms with Crippen LogP contribution in [0.25, 0.3) is 0 Å². The van der Waals surface area contributed by atoms with E-state index in [1.165, 1.54) is 218 Å². The Morgan fingerprint density at radius 1 is 0.253 bits per heavy atom. The first-order valence-corrected chi connectivity index (χ1v) is 35.7. The van der Waals surface area contributed by atoms with Gasteiger partial charge in [0.1, 0.15) is 13.2 Å². The Morgan fingerprint density at radius 3 is 0.795 bits per heavy atom. The normalized spacial score (nSPS) is 12.7. The molecule has 0 aliphatic rings. The van der Waals surface area contributed by atoms with E-state index in [1.807, 2.05) is 0 Å². The van der Waals surface area contributed by atoms with Gasteiger partial charge in [0.2, 0.25) is 0 Å². The van der Waals surface area contributed by atoms with Crippen LogP contribution in [0.5, 0.6) is 0 Å². The topological polar surface area (TPSA) is 78.9 Å². The molecule has 0 radical (unpaired) electrons. The van der Waals surface area contributed by atoms with Crippen LogP contribution in [0.2, 0.25) is 0 Å². The molecule has 0 aliphatic carbocycles. The molecule has 0 aromatic carbocycles. The van der Waals surface area contributed by atoms with Crippen molar-refractivity contribution in [1.29, 1.82) is 0 Å². The minimum Gasteiger partial charge on any atom is -0.462 e. The highest BCUT2D eigenvalue weighted by atomic mass is 16.6. The first-order valence-electron chi connectivity index (χ1n) is 35.7. The summed E-state index contributed by atoms with van der Waals surface area (Å²) in [6.07, 6.45) is 95.8. The SMILES string of the molecule is CC/C=C\C/C=C\C/C=C\C/C=C\C/C=C\C/C=C\C/C=C\CCCC(=O)OCC(COC(=O)CCCCCCCCCCCCCCCCCCCCC)OC(=O)CCCCCCCCCCCCC/C=C\CCCCCCCCCC. The van der Waals surface area contributed by atoms with Crippen LogP contribution in [-0.2, 0) is 28.6 Å². The van der Waals surface area contributed by atoms with Crippen LogP contribution >= 0.6 is 0 Å². The molecule has 0 saturated carbocycles. The Hall–Kier alpha value is -3.67. The van der Waals surface area contributed by atoms with E-state index in [0.29, 0.717) is 19.3 Å². The number of rotatable bonds is 65. The van der Waals surface area contributed by atoms with Crippen LogP contribution in [0.15, 0.2) is 97.2 Å². The van der Waals surface area contributed by atoms with E-state index in [2.05, 4.69) is 118 Å². The standard InChI is InChI=1S/C77H134O6/c1-4-7-10-13-16-19-22-25-28-31-34-36-38-40-43-46-49-52-55-58-61-64-67-70-76(79)82-73-74(72-81-75(78)69-66-63-60-57-54-51-48-45-42-33-30-27-24-21-18-15-12-9-6-3)83-77(80)71-68-65-62-59-56-53-50-47-44-41-39-37-35-32-29-26-23-20-17-14-11-8-5-2/h7,10,16,19,25,28,32,34-36,40,43,49,52,58,61,74H,4-6,8-9,11-15,17-18,20-24,26-27,29-31,33,37-39,41-42,44-48,50-51,53-57,59-60,62-73H2,1-3H3/b10-7-,19-16-,28-25-,35-32-,36-34-,43-40-,52-49-,61-58-.